The maximum atomic E-state index is 11.6. The summed E-state index contributed by atoms with van der Waals surface area (Å²) in [6, 6.07) is 8.00. The highest BCUT2D eigenvalue weighted by Gasteiger charge is 2.15. The second-order valence-electron chi connectivity index (χ2n) is 6.23. The standard InChI is InChI=1S/C19H23N5O/c1-5-13-8-6-7-11(2)14(13)10-21-19-17-16(24(4)12(3)22-17)9-15(23-19)18(20)25/h6-9H,5,10H2,1-4H3,(H2,20,25)(H,21,23). The molecule has 0 fully saturated rings. The number of aromatic nitrogens is 3. The number of carbonyl (C=O) groups is 1. The summed E-state index contributed by atoms with van der Waals surface area (Å²) < 4.78 is 1.93. The van der Waals surface area contributed by atoms with Gasteiger partial charge < -0.3 is 15.6 Å². The topological polar surface area (TPSA) is 85.8 Å². The normalized spacial score (nSPS) is 11.0. The van der Waals surface area contributed by atoms with Crippen LogP contribution in [0.4, 0.5) is 5.82 Å². The molecule has 2 aromatic heterocycles. The molecule has 0 spiro atoms. The average Bonchev–Trinajstić information content (AvgIpc) is 2.88. The van der Waals surface area contributed by atoms with E-state index in [1.165, 1.54) is 16.7 Å². The van der Waals surface area contributed by atoms with Gasteiger partial charge in [-0.25, -0.2) is 9.97 Å². The Morgan fingerprint density at radius 1 is 1.28 bits per heavy atom. The number of imidazole rings is 1. The lowest BCUT2D eigenvalue weighted by Crippen LogP contribution is -2.15. The fraction of sp³-hybridized carbons (Fsp3) is 0.316. The molecule has 25 heavy (non-hydrogen) atoms. The van der Waals surface area contributed by atoms with E-state index in [2.05, 4.69) is 47.3 Å². The van der Waals surface area contributed by atoms with E-state index < -0.39 is 5.91 Å². The highest BCUT2D eigenvalue weighted by Crippen LogP contribution is 2.24. The Kier molecular flexibility index (Phi) is 4.44. The molecule has 3 rings (SSSR count). The Labute approximate surface area is 147 Å². The van der Waals surface area contributed by atoms with Crippen molar-refractivity contribution >= 4 is 22.8 Å². The van der Waals surface area contributed by atoms with Gasteiger partial charge in [0.1, 0.15) is 17.0 Å². The first-order valence-corrected chi connectivity index (χ1v) is 8.37. The zero-order chi connectivity index (χ0) is 18.1. The van der Waals surface area contributed by atoms with E-state index >= 15 is 0 Å². The third-order valence-corrected chi connectivity index (χ3v) is 4.67. The van der Waals surface area contributed by atoms with E-state index in [1.54, 1.807) is 6.07 Å². The molecular weight excluding hydrogens is 314 g/mol. The van der Waals surface area contributed by atoms with E-state index in [9.17, 15) is 4.79 Å². The van der Waals surface area contributed by atoms with Crippen molar-refractivity contribution < 1.29 is 4.79 Å². The molecule has 0 bridgehead atoms. The molecule has 0 unspecified atom stereocenters. The summed E-state index contributed by atoms with van der Waals surface area (Å²) in [6.07, 6.45) is 0.964. The highest BCUT2D eigenvalue weighted by molar-refractivity contribution is 5.97. The van der Waals surface area contributed by atoms with E-state index in [0.29, 0.717) is 12.4 Å². The second-order valence-corrected chi connectivity index (χ2v) is 6.23. The number of anilines is 1. The molecule has 0 aliphatic heterocycles. The monoisotopic (exact) mass is 337 g/mol. The number of aryl methyl sites for hydroxylation is 4. The number of carbonyl (C=O) groups excluding carboxylic acids is 1. The summed E-state index contributed by atoms with van der Waals surface area (Å²) >= 11 is 0. The first-order chi connectivity index (χ1) is 11.9. The Bertz CT molecular complexity index is 958. The maximum absolute atomic E-state index is 11.6. The number of hydrogen-bond donors (Lipinski definition) is 2. The number of hydrogen-bond acceptors (Lipinski definition) is 4. The van der Waals surface area contributed by atoms with Gasteiger partial charge in [0, 0.05) is 13.6 Å². The van der Waals surface area contributed by atoms with Crippen molar-refractivity contribution in [1.29, 1.82) is 0 Å². The molecule has 0 atom stereocenters. The van der Waals surface area contributed by atoms with Crippen LogP contribution in [-0.4, -0.2) is 20.4 Å². The molecule has 6 nitrogen and oxygen atoms in total. The predicted molar refractivity (Wildman–Crippen MR) is 99.6 cm³/mol. The van der Waals surface area contributed by atoms with Crippen molar-refractivity contribution in [1.82, 2.24) is 14.5 Å². The smallest absolute Gasteiger partial charge is 0.267 e. The number of amides is 1. The van der Waals surface area contributed by atoms with Gasteiger partial charge in [0.2, 0.25) is 0 Å². The summed E-state index contributed by atoms with van der Waals surface area (Å²) in [6.45, 7) is 6.79. The van der Waals surface area contributed by atoms with Gasteiger partial charge in [0.25, 0.3) is 5.91 Å². The zero-order valence-corrected chi connectivity index (χ0v) is 15.1. The van der Waals surface area contributed by atoms with Crippen LogP contribution < -0.4 is 11.1 Å². The van der Waals surface area contributed by atoms with Crippen LogP contribution in [0, 0.1) is 13.8 Å². The van der Waals surface area contributed by atoms with Crippen LogP contribution in [0.3, 0.4) is 0 Å². The van der Waals surface area contributed by atoms with Gasteiger partial charge in [-0.1, -0.05) is 25.1 Å². The van der Waals surface area contributed by atoms with E-state index in [-0.39, 0.29) is 5.69 Å². The van der Waals surface area contributed by atoms with Crippen LogP contribution in [0.2, 0.25) is 0 Å². The van der Waals surface area contributed by atoms with Crippen LogP contribution in [0.15, 0.2) is 24.3 Å². The molecule has 0 aliphatic carbocycles. The quantitative estimate of drug-likeness (QED) is 0.749. The number of rotatable bonds is 5. The lowest BCUT2D eigenvalue weighted by Gasteiger charge is -2.13. The summed E-state index contributed by atoms with van der Waals surface area (Å²) in [5, 5.41) is 3.36. The number of nitrogens with two attached hydrogens (primary N) is 1. The number of fused-ring (bicyclic) bond motifs is 1. The van der Waals surface area contributed by atoms with Gasteiger partial charge >= 0.3 is 0 Å². The first kappa shape index (κ1) is 17.0. The largest absolute Gasteiger partial charge is 0.364 e. The highest BCUT2D eigenvalue weighted by atomic mass is 16.1. The minimum Gasteiger partial charge on any atom is -0.364 e. The Morgan fingerprint density at radius 3 is 2.72 bits per heavy atom. The van der Waals surface area contributed by atoms with Crippen molar-refractivity contribution in [2.45, 2.75) is 33.7 Å². The molecule has 1 amide bonds. The molecule has 2 heterocycles. The fourth-order valence-corrected chi connectivity index (χ4v) is 3.07. The van der Waals surface area contributed by atoms with Crippen molar-refractivity contribution in [3.63, 3.8) is 0 Å². The third-order valence-electron chi connectivity index (χ3n) is 4.67. The molecule has 0 saturated heterocycles. The zero-order valence-electron chi connectivity index (χ0n) is 15.1. The number of nitrogens with one attached hydrogen (secondary N) is 1. The Hall–Kier alpha value is -2.89. The Morgan fingerprint density at radius 2 is 2.04 bits per heavy atom. The van der Waals surface area contributed by atoms with Crippen molar-refractivity contribution in [2.24, 2.45) is 12.8 Å². The molecule has 1 aromatic carbocycles. The van der Waals surface area contributed by atoms with Crippen molar-refractivity contribution in [3.8, 4) is 0 Å². The minimum absolute atomic E-state index is 0.235. The van der Waals surface area contributed by atoms with Crippen LogP contribution in [0.5, 0.6) is 0 Å². The van der Waals surface area contributed by atoms with E-state index in [0.717, 1.165) is 23.3 Å². The number of pyridine rings is 1. The predicted octanol–water partition coefficient (Wildman–Crippen LogP) is 2.86. The number of nitrogens with zero attached hydrogens (tertiary/aromatic N) is 3. The van der Waals surface area contributed by atoms with Crippen LogP contribution in [0.25, 0.3) is 11.0 Å². The van der Waals surface area contributed by atoms with E-state index in [4.69, 9.17) is 5.73 Å². The third kappa shape index (κ3) is 3.07. The molecule has 3 N–H and O–H groups in total. The average molecular weight is 337 g/mol. The van der Waals surface area contributed by atoms with Crippen molar-refractivity contribution in [3.05, 3.63) is 52.5 Å². The SMILES string of the molecule is CCc1cccc(C)c1CNc1nc(C(N)=O)cc2c1nc(C)n2C. The van der Waals surface area contributed by atoms with Gasteiger partial charge in [-0.2, -0.15) is 0 Å². The fourth-order valence-electron chi connectivity index (χ4n) is 3.07. The maximum Gasteiger partial charge on any atom is 0.267 e. The van der Waals surface area contributed by atoms with Crippen LogP contribution in [0.1, 0.15) is 39.9 Å². The number of benzene rings is 1. The van der Waals surface area contributed by atoms with Crippen molar-refractivity contribution in [2.75, 3.05) is 5.32 Å². The summed E-state index contributed by atoms with van der Waals surface area (Å²) in [5.41, 5.74) is 11.0. The van der Waals surface area contributed by atoms with Crippen LogP contribution in [-0.2, 0) is 20.0 Å². The van der Waals surface area contributed by atoms with Crippen LogP contribution >= 0.6 is 0 Å². The number of primary amides is 1. The molecule has 6 heteroatoms. The lowest BCUT2D eigenvalue weighted by molar-refractivity contribution is 0.0996. The summed E-state index contributed by atoms with van der Waals surface area (Å²) in [5.74, 6) is 0.890. The van der Waals surface area contributed by atoms with Gasteiger partial charge in [-0.05, 0) is 43.0 Å². The lowest BCUT2D eigenvalue weighted by atomic mass is 10.00. The molecule has 3 aromatic rings. The molecule has 0 saturated carbocycles. The second kappa shape index (κ2) is 6.55. The van der Waals surface area contributed by atoms with E-state index in [1.807, 2.05) is 18.5 Å². The molecule has 0 aliphatic rings. The minimum atomic E-state index is -0.547. The summed E-state index contributed by atoms with van der Waals surface area (Å²) in [7, 11) is 1.91. The molecule has 0 radical (unpaired) electrons. The Balaban J connectivity index is 2.04. The van der Waals surface area contributed by atoms with Gasteiger partial charge in [0.05, 0.1) is 5.52 Å². The molecular formula is C19H23N5O. The summed E-state index contributed by atoms with van der Waals surface area (Å²) in [4.78, 5) is 20.6. The van der Waals surface area contributed by atoms with Gasteiger partial charge in [-0.15, -0.1) is 0 Å². The molecule has 130 valence electrons. The first-order valence-electron chi connectivity index (χ1n) is 8.37. The van der Waals surface area contributed by atoms with Gasteiger partial charge in [-0.3, -0.25) is 4.79 Å². The van der Waals surface area contributed by atoms with Gasteiger partial charge in [0.15, 0.2) is 5.82 Å².